The third-order valence-electron chi connectivity index (χ3n) is 1.73. The van der Waals surface area contributed by atoms with Crippen LogP contribution in [0.3, 0.4) is 0 Å². The Morgan fingerprint density at radius 1 is 1.10 bits per heavy atom. The van der Waals surface area contributed by atoms with Gasteiger partial charge in [-0.05, 0) is 26.0 Å². The van der Waals surface area contributed by atoms with E-state index >= 15 is 0 Å². The monoisotopic (exact) mass is 279 g/mol. The number of nitrogens with zero attached hydrogens (tertiary/aromatic N) is 1. The van der Waals surface area contributed by atoms with Crippen LogP contribution in [0.25, 0.3) is 5.70 Å². The summed E-state index contributed by atoms with van der Waals surface area (Å²) in [5, 5.41) is 0. The van der Waals surface area contributed by atoms with Gasteiger partial charge in [0.2, 0.25) is 0 Å². The highest BCUT2D eigenvalue weighted by atomic mass is 16.1. The van der Waals surface area contributed by atoms with Crippen LogP contribution in [0.2, 0.25) is 0 Å². The van der Waals surface area contributed by atoms with Crippen LogP contribution in [0.1, 0.15) is 61.8 Å². The van der Waals surface area contributed by atoms with E-state index < -0.39 is 0 Å². The SMILES string of the molecule is C/C=C\C(=C/C)n1ccccc1=O.CC.CC.CCC. The number of hydrogen-bond donors (Lipinski definition) is 0. The van der Waals surface area contributed by atoms with E-state index in [0.717, 1.165) is 5.70 Å². The molecule has 0 atom stereocenters. The first-order chi connectivity index (χ1) is 9.71. The Labute approximate surface area is 125 Å². The van der Waals surface area contributed by atoms with E-state index in [0.29, 0.717) is 0 Å². The quantitative estimate of drug-likeness (QED) is 0.631. The van der Waals surface area contributed by atoms with E-state index in [2.05, 4.69) is 13.8 Å². The number of aromatic nitrogens is 1. The molecule has 116 valence electrons. The maximum absolute atomic E-state index is 11.4. The lowest BCUT2D eigenvalue weighted by Gasteiger charge is -2.04. The van der Waals surface area contributed by atoms with Crippen LogP contribution in [0.5, 0.6) is 0 Å². The molecule has 0 aromatic carbocycles. The van der Waals surface area contributed by atoms with Crippen LogP contribution in [-0.4, -0.2) is 4.57 Å². The van der Waals surface area contributed by atoms with E-state index in [4.69, 9.17) is 0 Å². The summed E-state index contributed by atoms with van der Waals surface area (Å²) in [7, 11) is 0. The molecule has 0 fully saturated rings. The Morgan fingerprint density at radius 3 is 1.95 bits per heavy atom. The largest absolute Gasteiger partial charge is 0.285 e. The van der Waals surface area contributed by atoms with Crippen molar-refractivity contribution in [2.75, 3.05) is 0 Å². The fourth-order valence-corrected chi connectivity index (χ4v) is 1.13. The van der Waals surface area contributed by atoms with Gasteiger partial charge in [-0.15, -0.1) is 0 Å². The lowest BCUT2D eigenvalue weighted by Crippen LogP contribution is -2.15. The zero-order valence-corrected chi connectivity index (χ0v) is 14.6. The zero-order valence-electron chi connectivity index (χ0n) is 14.6. The summed E-state index contributed by atoms with van der Waals surface area (Å²) in [5.74, 6) is 0. The van der Waals surface area contributed by atoms with Gasteiger partial charge in [-0.2, -0.15) is 0 Å². The van der Waals surface area contributed by atoms with Crippen molar-refractivity contribution < 1.29 is 0 Å². The van der Waals surface area contributed by atoms with Crippen molar-refractivity contribution in [2.24, 2.45) is 0 Å². The normalized spacial score (nSPS) is 9.50. The molecule has 0 radical (unpaired) electrons. The molecule has 0 aliphatic heterocycles. The minimum absolute atomic E-state index is 0.00583. The third-order valence-corrected chi connectivity index (χ3v) is 1.73. The van der Waals surface area contributed by atoms with Crippen LogP contribution in [0, 0.1) is 0 Å². The van der Waals surface area contributed by atoms with Gasteiger partial charge in [0.05, 0.1) is 0 Å². The molecule has 1 aromatic heterocycles. The highest BCUT2D eigenvalue weighted by molar-refractivity contribution is 5.56. The maximum atomic E-state index is 11.4. The van der Waals surface area contributed by atoms with Crippen molar-refractivity contribution in [3.8, 4) is 0 Å². The average molecular weight is 279 g/mol. The van der Waals surface area contributed by atoms with Crippen molar-refractivity contribution in [3.05, 3.63) is 53.0 Å². The van der Waals surface area contributed by atoms with Crippen LogP contribution in [0.4, 0.5) is 0 Å². The molecule has 2 heteroatoms. The molecule has 2 nitrogen and oxygen atoms in total. The van der Waals surface area contributed by atoms with Crippen LogP contribution < -0.4 is 5.56 Å². The minimum atomic E-state index is -0.00583. The highest BCUT2D eigenvalue weighted by Gasteiger charge is 1.95. The molecule has 1 rings (SSSR count). The predicted molar refractivity (Wildman–Crippen MR) is 94.1 cm³/mol. The molecule has 1 aromatic rings. The van der Waals surface area contributed by atoms with Gasteiger partial charge >= 0.3 is 0 Å². The molecule has 20 heavy (non-hydrogen) atoms. The smallest absolute Gasteiger partial charge is 0.255 e. The van der Waals surface area contributed by atoms with Crippen molar-refractivity contribution in [1.82, 2.24) is 4.57 Å². The van der Waals surface area contributed by atoms with Crippen LogP contribution in [-0.2, 0) is 0 Å². The third kappa shape index (κ3) is 11.5. The molecule has 1 heterocycles. The summed E-state index contributed by atoms with van der Waals surface area (Å²) in [6.07, 6.45) is 8.73. The molecule has 0 aliphatic carbocycles. The second-order valence-electron chi connectivity index (χ2n) is 3.33. The van der Waals surface area contributed by atoms with E-state index in [1.807, 2.05) is 65.8 Å². The number of allylic oxidation sites excluding steroid dienone is 4. The molecule has 0 spiro atoms. The average Bonchev–Trinajstić information content (AvgIpc) is 2.51. The van der Waals surface area contributed by atoms with Crippen molar-refractivity contribution in [3.63, 3.8) is 0 Å². The molecule has 0 bridgehead atoms. The molecular formula is C18H33NO. The first kappa shape index (κ1) is 23.5. The molecule has 0 saturated heterocycles. The number of pyridine rings is 1. The Balaban J connectivity index is -0.000000355. The zero-order chi connectivity index (χ0) is 16.4. The van der Waals surface area contributed by atoms with E-state index in [1.165, 1.54) is 6.42 Å². The fourth-order valence-electron chi connectivity index (χ4n) is 1.13. The Morgan fingerprint density at radius 2 is 1.60 bits per heavy atom. The molecule has 0 saturated carbocycles. The second kappa shape index (κ2) is 19.8. The fraction of sp³-hybridized carbons (Fsp3) is 0.500. The summed E-state index contributed by atoms with van der Waals surface area (Å²) in [6, 6.07) is 5.13. The Kier molecular flexibility index (Phi) is 23.2. The molecular weight excluding hydrogens is 246 g/mol. The van der Waals surface area contributed by atoms with Gasteiger partial charge in [-0.1, -0.05) is 66.2 Å². The lowest BCUT2D eigenvalue weighted by atomic mass is 10.3. The summed E-state index contributed by atoms with van der Waals surface area (Å²) >= 11 is 0. The van der Waals surface area contributed by atoms with Gasteiger partial charge < -0.3 is 0 Å². The molecule has 0 N–H and O–H groups in total. The summed E-state index contributed by atoms with van der Waals surface area (Å²) in [5.41, 5.74) is 0.891. The highest BCUT2D eigenvalue weighted by Crippen LogP contribution is 2.01. The second-order valence-corrected chi connectivity index (χ2v) is 3.33. The maximum Gasteiger partial charge on any atom is 0.255 e. The van der Waals surface area contributed by atoms with Crippen molar-refractivity contribution >= 4 is 5.70 Å². The predicted octanol–water partition coefficient (Wildman–Crippen LogP) is 5.75. The number of rotatable bonds is 2. The summed E-state index contributed by atoms with van der Waals surface area (Å²) in [6.45, 7) is 16.1. The van der Waals surface area contributed by atoms with Gasteiger partial charge in [0.25, 0.3) is 5.56 Å². The van der Waals surface area contributed by atoms with Crippen LogP contribution >= 0.6 is 0 Å². The molecule has 0 unspecified atom stereocenters. The van der Waals surface area contributed by atoms with Gasteiger partial charge in [0.15, 0.2) is 0 Å². The number of hydrogen-bond acceptors (Lipinski definition) is 1. The van der Waals surface area contributed by atoms with E-state index in [1.54, 1.807) is 22.9 Å². The lowest BCUT2D eigenvalue weighted by molar-refractivity contribution is 1.02. The van der Waals surface area contributed by atoms with Crippen LogP contribution in [0.15, 0.2) is 47.4 Å². The Bertz CT molecular complexity index is 400. The summed E-state index contributed by atoms with van der Waals surface area (Å²) in [4.78, 5) is 11.4. The first-order valence-corrected chi connectivity index (χ1v) is 7.68. The van der Waals surface area contributed by atoms with Gasteiger partial charge in [-0.25, -0.2) is 0 Å². The van der Waals surface area contributed by atoms with Gasteiger partial charge in [0.1, 0.15) is 0 Å². The molecule has 0 aliphatic rings. The van der Waals surface area contributed by atoms with Crippen molar-refractivity contribution in [2.45, 2.75) is 61.8 Å². The topological polar surface area (TPSA) is 22.0 Å². The first-order valence-electron chi connectivity index (χ1n) is 7.68. The van der Waals surface area contributed by atoms with E-state index in [-0.39, 0.29) is 5.56 Å². The van der Waals surface area contributed by atoms with Gasteiger partial charge in [0, 0.05) is 18.0 Å². The van der Waals surface area contributed by atoms with Crippen molar-refractivity contribution in [1.29, 1.82) is 0 Å². The summed E-state index contributed by atoms with van der Waals surface area (Å²) < 4.78 is 1.61. The minimum Gasteiger partial charge on any atom is -0.285 e. The van der Waals surface area contributed by atoms with Gasteiger partial charge in [-0.3, -0.25) is 9.36 Å². The van der Waals surface area contributed by atoms with E-state index in [9.17, 15) is 4.79 Å². The Hall–Kier alpha value is -1.57. The standard InChI is InChI=1S/C11H13NO.C3H8.2C2H6/c1-3-7-10(4-2)12-9-6-5-8-11(12)13;1-3-2;2*1-2/h3-9H,1-2H3;3H2,1-2H3;2*1-2H3/b7-3-,10-4+;;;. The molecule has 0 amide bonds.